The Labute approximate surface area is 213 Å². The number of likely N-dealkylation sites (tertiary alicyclic amines) is 1. The summed E-state index contributed by atoms with van der Waals surface area (Å²) < 4.78 is 0. The maximum Gasteiger partial charge on any atom is 0.253 e. The second-order valence-electron chi connectivity index (χ2n) is 8.34. The van der Waals surface area contributed by atoms with Crippen LogP contribution in [0.5, 0.6) is 0 Å². The van der Waals surface area contributed by atoms with E-state index < -0.39 is 0 Å². The number of amides is 1. The largest absolute Gasteiger partial charge is 0.369 e. The van der Waals surface area contributed by atoms with Crippen molar-refractivity contribution in [1.29, 1.82) is 0 Å². The first-order valence-electron chi connectivity index (χ1n) is 10.9. The van der Waals surface area contributed by atoms with Crippen molar-refractivity contribution >= 4 is 59.6 Å². The monoisotopic (exact) mass is 517 g/mol. The van der Waals surface area contributed by atoms with Crippen molar-refractivity contribution in [2.45, 2.75) is 19.3 Å². The third kappa shape index (κ3) is 7.16. The van der Waals surface area contributed by atoms with Crippen LogP contribution in [0.2, 0.25) is 10.0 Å². The van der Waals surface area contributed by atoms with Crippen molar-refractivity contribution in [3.05, 3.63) is 64.1 Å². The third-order valence-corrected chi connectivity index (χ3v) is 6.91. The summed E-state index contributed by atoms with van der Waals surface area (Å²) in [6.07, 6.45) is 3.43. The van der Waals surface area contributed by atoms with Crippen molar-refractivity contribution < 1.29 is 4.79 Å². The van der Waals surface area contributed by atoms with Crippen molar-refractivity contribution in [3.8, 4) is 0 Å². The minimum atomic E-state index is 0. The molecule has 2 aliphatic rings. The lowest BCUT2D eigenvalue weighted by Crippen LogP contribution is -2.47. The van der Waals surface area contributed by atoms with E-state index in [0.717, 1.165) is 69.2 Å². The molecule has 8 heteroatoms. The molecule has 4 rings (SSSR count). The second-order valence-corrected chi connectivity index (χ2v) is 9.21. The number of piperazine rings is 1. The number of benzene rings is 2. The number of carbonyl (C=O) groups is 1. The smallest absolute Gasteiger partial charge is 0.253 e. The summed E-state index contributed by atoms with van der Waals surface area (Å²) in [7, 11) is 0. The van der Waals surface area contributed by atoms with Gasteiger partial charge < -0.3 is 9.80 Å². The summed E-state index contributed by atoms with van der Waals surface area (Å²) in [5, 5.41) is 1.46. The molecule has 0 spiro atoms. The number of rotatable bonds is 5. The Morgan fingerprint density at radius 2 is 1.31 bits per heavy atom. The average Bonchev–Trinajstić information content (AvgIpc) is 2.79. The fourth-order valence-corrected chi connectivity index (χ4v) is 4.70. The van der Waals surface area contributed by atoms with Gasteiger partial charge in [-0.25, -0.2) is 0 Å². The minimum Gasteiger partial charge on any atom is -0.369 e. The number of hydrogen-bond donors (Lipinski definition) is 0. The van der Waals surface area contributed by atoms with Crippen LogP contribution >= 0.6 is 48.0 Å². The molecule has 2 saturated heterocycles. The van der Waals surface area contributed by atoms with E-state index in [-0.39, 0.29) is 30.7 Å². The van der Waals surface area contributed by atoms with Crippen molar-refractivity contribution in [2.75, 3.05) is 50.7 Å². The average molecular weight is 519 g/mol. The van der Waals surface area contributed by atoms with Crippen LogP contribution in [0.4, 0.5) is 5.69 Å². The van der Waals surface area contributed by atoms with E-state index in [1.54, 1.807) is 12.1 Å². The number of piperidine rings is 1. The van der Waals surface area contributed by atoms with Crippen LogP contribution in [0.25, 0.3) is 0 Å². The van der Waals surface area contributed by atoms with Gasteiger partial charge in [0.05, 0.1) is 0 Å². The summed E-state index contributed by atoms with van der Waals surface area (Å²) in [6.45, 7) is 7.22. The predicted molar refractivity (Wildman–Crippen MR) is 139 cm³/mol. The highest BCUT2D eigenvalue weighted by Crippen LogP contribution is 2.24. The van der Waals surface area contributed by atoms with Crippen LogP contribution in [-0.4, -0.2) is 61.5 Å². The first-order chi connectivity index (χ1) is 14.6. The van der Waals surface area contributed by atoms with Gasteiger partial charge >= 0.3 is 0 Å². The van der Waals surface area contributed by atoms with Gasteiger partial charge in [0.15, 0.2) is 0 Å². The molecular formula is C24H31Cl4N3O. The van der Waals surface area contributed by atoms with Crippen LogP contribution in [0.1, 0.15) is 29.6 Å². The molecule has 0 radical (unpaired) electrons. The first kappa shape index (κ1) is 27.1. The molecule has 0 saturated carbocycles. The standard InChI is InChI=1S/C24H29Cl2N3O.2ClH/c25-21-3-1-20(2-4-21)24(30)29-13-10-19(11-14-29)9-12-27-15-17-28(18-16-27)23-7-5-22(26)6-8-23;;/h1-8,19H,9-18H2;2*1H. The van der Waals surface area contributed by atoms with E-state index in [4.69, 9.17) is 23.2 Å². The fraction of sp³-hybridized carbons (Fsp3) is 0.458. The summed E-state index contributed by atoms with van der Waals surface area (Å²) in [5.74, 6) is 0.844. The lowest BCUT2D eigenvalue weighted by atomic mass is 9.93. The molecule has 2 aromatic rings. The molecule has 1 amide bonds. The molecule has 4 nitrogen and oxygen atoms in total. The van der Waals surface area contributed by atoms with Gasteiger partial charge in [-0.05, 0) is 80.3 Å². The fourth-order valence-electron chi connectivity index (χ4n) is 4.45. The lowest BCUT2D eigenvalue weighted by molar-refractivity contribution is 0.0680. The lowest BCUT2D eigenvalue weighted by Gasteiger charge is -2.37. The molecule has 0 atom stereocenters. The normalized spacial score (nSPS) is 17.4. The maximum absolute atomic E-state index is 12.7. The Hall–Kier alpha value is -1.17. The van der Waals surface area contributed by atoms with E-state index in [0.29, 0.717) is 10.9 Å². The number of halogens is 4. The van der Waals surface area contributed by atoms with Gasteiger partial charge in [-0.2, -0.15) is 0 Å². The molecule has 32 heavy (non-hydrogen) atoms. The number of anilines is 1. The molecule has 176 valence electrons. The predicted octanol–water partition coefficient (Wildman–Crippen LogP) is 5.90. The molecule has 0 N–H and O–H groups in total. The molecular weight excluding hydrogens is 488 g/mol. The molecule has 0 aromatic heterocycles. The van der Waals surface area contributed by atoms with Crippen LogP contribution in [0.15, 0.2) is 48.5 Å². The molecule has 2 fully saturated rings. The summed E-state index contributed by atoms with van der Waals surface area (Å²) in [6, 6.07) is 15.4. The molecule has 2 heterocycles. The maximum atomic E-state index is 12.7. The Kier molecular flexibility index (Phi) is 10.9. The number of hydrogen-bond acceptors (Lipinski definition) is 3. The zero-order chi connectivity index (χ0) is 20.9. The molecule has 0 unspecified atom stereocenters. The van der Waals surface area contributed by atoms with Gasteiger partial charge in [-0.1, -0.05) is 23.2 Å². The van der Waals surface area contributed by atoms with Gasteiger partial charge in [0, 0.05) is 60.6 Å². The van der Waals surface area contributed by atoms with Crippen LogP contribution in [0.3, 0.4) is 0 Å². The second kappa shape index (κ2) is 12.9. The number of nitrogens with zero attached hydrogens (tertiary/aromatic N) is 3. The zero-order valence-electron chi connectivity index (χ0n) is 18.1. The van der Waals surface area contributed by atoms with Gasteiger partial charge in [-0.15, -0.1) is 24.8 Å². The van der Waals surface area contributed by atoms with Gasteiger partial charge in [0.25, 0.3) is 5.91 Å². The number of carbonyl (C=O) groups excluding carboxylic acids is 1. The highest BCUT2D eigenvalue weighted by Gasteiger charge is 2.25. The van der Waals surface area contributed by atoms with Crippen molar-refractivity contribution in [2.24, 2.45) is 5.92 Å². The van der Waals surface area contributed by atoms with E-state index >= 15 is 0 Å². The zero-order valence-corrected chi connectivity index (χ0v) is 21.2. The van der Waals surface area contributed by atoms with E-state index in [9.17, 15) is 4.79 Å². The Balaban J connectivity index is 0.00000181. The van der Waals surface area contributed by atoms with Gasteiger partial charge in [-0.3, -0.25) is 9.69 Å². The highest BCUT2D eigenvalue weighted by molar-refractivity contribution is 6.30. The van der Waals surface area contributed by atoms with Crippen LogP contribution in [-0.2, 0) is 0 Å². The minimum absolute atomic E-state index is 0. The Morgan fingerprint density at radius 3 is 1.88 bits per heavy atom. The van der Waals surface area contributed by atoms with Crippen molar-refractivity contribution in [1.82, 2.24) is 9.80 Å². The topological polar surface area (TPSA) is 26.8 Å². The van der Waals surface area contributed by atoms with Gasteiger partial charge in [0.2, 0.25) is 0 Å². The summed E-state index contributed by atoms with van der Waals surface area (Å²) in [5.41, 5.74) is 1.99. The van der Waals surface area contributed by atoms with Crippen molar-refractivity contribution in [3.63, 3.8) is 0 Å². The van der Waals surface area contributed by atoms with Crippen LogP contribution < -0.4 is 4.90 Å². The van der Waals surface area contributed by atoms with E-state index in [1.807, 2.05) is 29.2 Å². The summed E-state index contributed by atoms with van der Waals surface area (Å²) >= 11 is 11.9. The van der Waals surface area contributed by atoms with E-state index in [1.165, 1.54) is 12.1 Å². The first-order valence-corrected chi connectivity index (χ1v) is 11.6. The quantitative estimate of drug-likeness (QED) is 0.492. The van der Waals surface area contributed by atoms with Gasteiger partial charge in [0.1, 0.15) is 0 Å². The third-order valence-electron chi connectivity index (χ3n) is 6.41. The van der Waals surface area contributed by atoms with E-state index in [2.05, 4.69) is 21.9 Å². The SMILES string of the molecule is Cl.Cl.O=C(c1ccc(Cl)cc1)N1CCC(CCN2CCN(c3ccc(Cl)cc3)CC2)CC1. The summed E-state index contributed by atoms with van der Waals surface area (Å²) in [4.78, 5) is 19.7. The molecule has 2 aromatic carbocycles. The Bertz CT molecular complexity index is 831. The molecule has 2 aliphatic heterocycles. The van der Waals surface area contributed by atoms with Crippen LogP contribution in [0, 0.1) is 5.92 Å². The molecule has 0 aliphatic carbocycles. The highest BCUT2D eigenvalue weighted by atomic mass is 35.5. The Morgan fingerprint density at radius 1 is 0.781 bits per heavy atom. The molecule has 0 bridgehead atoms.